The lowest BCUT2D eigenvalue weighted by Crippen LogP contribution is -2.30. The highest BCUT2D eigenvalue weighted by Crippen LogP contribution is 2.64. The highest BCUT2D eigenvalue weighted by molar-refractivity contribution is 6.53. The van der Waals surface area contributed by atoms with Crippen molar-refractivity contribution in [3.05, 3.63) is 24.3 Å². The van der Waals surface area contributed by atoms with E-state index in [-0.39, 0.29) is 11.9 Å². The number of alkyl halides is 2. The van der Waals surface area contributed by atoms with E-state index in [1.54, 1.807) is 31.2 Å². The first-order chi connectivity index (χ1) is 10.3. The maximum Gasteiger partial charge on any atom is 0.319 e. The van der Waals surface area contributed by atoms with Crippen LogP contribution in [0.3, 0.4) is 0 Å². The zero-order valence-electron chi connectivity index (χ0n) is 12.1. The summed E-state index contributed by atoms with van der Waals surface area (Å²) in [6, 6.07) is 7.00. The Bertz CT molecular complexity index is 614. The number of rotatable bonds is 4. The highest BCUT2D eigenvalue weighted by atomic mass is 35.5. The highest BCUT2D eigenvalue weighted by Gasteiger charge is 2.67. The minimum Gasteiger partial charge on any atom is -0.335 e. The number of hydrogen-bond donors (Lipinski definition) is 3. The van der Waals surface area contributed by atoms with Gasteiger partial charge in [0.2, 0.25) is 5.91 Å². The van der Waals surface area contributed by atoms with E-state index < -0.39 is 9.75 Å². The SMILES string of the molecule is CC1(C(=O)Nc2ccc(NC(=O)NC3CC3)cc2)CC1(Cl)Cl. The third-order valence-corrected chi connectivity index (χ3v) is 5.17. The van der Waals surface area contributed by atoms with Crippen LogP contribution in [-0.2, 0) is 4.79 Å². The van der Waals surface area contributed by atoms with Crippen LogP contribution in [0.2, 0.25) is 0 Å². The van der Waals surface area contributed by atoms with Crippen molar-refractivity contribution in [1.82, 2.24) is 5.32 Å². The molecule has 3 N–H and O–H groups in total. The minimum atomic E-state index is -0.987. The van der Waals surface area contributed by atoms with Crippen LogP contribution in [0.25, 0.3) is 0 Å². The molecule has 2 aliphatic rings. The summed E-state index contributed by atoms with van der Waals surface area (Å²) in [5.74, 6) is -0.204. The second-order valence-electron chi connectivity index (χ2n) is 6.12. The number of benzene rings is 1. The summed E-state index contributed by atoms with van der Waals surface area (Å²) >= 11 is 12.0. The van der Waals surface area contributed by atoms with E-state index in [1.807, 2.05) is 0 Å². The number of carbonyl (C=O) groups is 2. The summed E-state index contributed by atoms with van der Waals surface area (Å²) in [5, 5.41) is 8.37. The van der Waals surface area contributed by atoms with E-state index in [0.717, 1.165) is 12.8 Å². The average Bonchev–Trinajstić information content (AvgIpc) is 3.32. The largest absolute Gasteiger partial charge is 0.335 e. The molecule has 3 rings (SSSR count). The van der Waals surface area contributed by atoms with Gasteiger partial charge in [-0.3, -0.25) is 4.79 Å². The third-order valence-electron chi connectivity index (χ3n) is 4.07. The third kappa shape index (κ3) is 3.15. The lowest BCUT2D eigenvalue weighted by molar-refractivity contribution is -0.120. The molecule has 2 aliphatic carbocycles. The smallest absolute Gasteiger partial charge is 0.319 e. The molecule has 0 spiro atoms. The Kier molecular flexibility index (Phi) is 3.73. The first kappa shape index (κ1) is 15.4. The quantitative estimate of drug-likeness (QED) is 0.733. The molecule has 1 aromatic rings. The second kappa shape index (κ2) is 5.32. The summed E-state index contributed by atoms with van der Waals surface area (Å²) in [4.78, 5) is 23.8. The van der Waals surface area contributed by atoms with Gasteiger partial charge in [-0.05, 0) is 50.5 Å². The fourth-order valence-corrected chi connectivity index (χ4v) is 2.84. The molecule has 0 radical (unpaired) electrons. The van der Waals surface area contributed by atoms with E-state index in [2.05, 4.69) is 16.0 Å². The maximum atomic E-state index is 12.1. The van der Waals surface area contributed by atoms with E-state index in [9.17, 15) is 9.59 Å². The molecule has 0 bridgehead atoms. The number of nitrogens with one attached hydrogen (secondary N) is 3. The van der Waals surface area contributed by atoms with Gasteiger partial charge in [0, 0.05) is 17.4 Å². The van der Waals surface area contributed by atoms with Crippen LogP contribution in [-0.4, -0.2) is 22.3 Å². The van der Waals surface area contributed by atoms with Gasteiger partial charge in [0.05, 0.1) is 5.41 Å². The van der Waals surface area contributed by atoms with Gasteiger partial charge in [-0.25, -0.2) is 4.79 Å². The van der Waals surface area contributed by atoms with Gasteiger partial charge in [-0.1, -0.05) is 0 Å². The zero-order chi connectivity index (χ0) is 16.0. The molecule has 0 heterocycles. The van der Waals surface area contributed by atoms with Crippen molar-refractivity contribution in [3.8, 4) is 0 Å². The summed E-state index contributed by atoms with van der Waals surface area (Å²) in [7, 11) is 0. The van der Waals surface area contributed by atoms with Crippen LogP contribution in [0.15, 0.2) is 24.3 Å². The topological polar surface area (TPSA) is 70.2 Å². The average molecular weight is 342 g/mol. The molecular formula is C15H17Cl2N3O2. The monoisotopic (exact) mass is 341 g/mol. The predicted molar refractivity (Wildman–Crippen MR) is 87.4 cm³/mol. The fourth-order valence-electron chi connectivity index (χ4n) is 2.13. The van der Waals surface area contributed by atoms with E-state index in [4.69, 9.17) is 23.2 Å². The molecule has 118 valence electrons. The van der Waals surface area contributed by atoms with E-state index in [1.165, 1.54) is 0 Å². The Balaban J connectivity index is 1.55. The molecule has 1 aromatic carbocycles. The summed E-state index contributed by atoms with van der Waals surface area (Å²) < 4.78 is -0.987. The predicted octanol–water partition coefficient (Wildman–Crippen LogP) is 3.49. The molecule has 0 aromatic heterocycles. The number of anilines is 2. The van der Waals surface area contributed by atoms with Crippen LogP contribution in [0.4, 0.5) is 16.2 Å². The van der Waals surface area contributed by atoms with Gasteiger partial charge in [-0.2, -0.15) is 0 Å². The summed E-state index contributed by atoms with van der Waals surface area (Å²) in [5.41, 5.74) is 0.546. The van der Waals surface area contributed by atoms with Crippen molar-refractivity contribution in [1.29, 1.82) is 0 Å². The van der Waals surface area contributed by atoms with Crippen LogP contribution in [0.1, 0.15) is 26.2 Å². The molecule has 2 saturated carbocycles. The number of hydrogen-bond acceptors (Lipinski definition) is 2. The maximum absolute atomic E-state index is 12.1. The summed E-state index contributed by atoms with van der Waals surface area (Å²) in [6.45, 7) is 1.74. The van der Waals surface area contributed by atoms with Crippen molar-refractivity contribution in [2.75, 3.05) is 10.6 Å². The molecule has 2 fully saturated rings. The lowest BCUT2D eigenvalue weighted by Gasteiger charge is -2.13. The molecule has 3 amide bonds. The Hall–Kier alpha value is -1.46. The summed E-state index contributed by atoms with van der Waals surface area (Å²) in [6.07, 6.45) is 2.52. The lowest BCUT2D eigenvalue weighted by atomic mass is 10.1. The Morgan fingerprint density at radius 1 is 1.09 bits per heavy atom. The fraction of sp³-hybridized carbons (Fsp3) is 0.467. The Labute approximate surface area is 138 Å². The molecule has 1 unspecified atom stereocenters. The van der Waals surface area contributed by atoms with Crippen LogP contribution >= 0.6 is 23.2 Å². The van der Waals surface area contributed by atoms with E-state index >= 15 is 0 Å². The van der Waals surface area contributed by atoms with Crippen LogP contribution < -0.4 is 16.0 Å². The second-order valence-corrected chi connectivity index (χ2v) is 7.60. The van der Waals surface area contributed by atoms with Gasteiger partial charge in [-0.15, -0.1) is 23.2 Å². The molecule has 0 aliphatic heterocycles. The first-order valence-electron chi connectivity index (χ1n) is 7.17. The van der Waals surface area contributed by atoms with Crippen molar-refractivity contribution < 1.29 is 9.59 Å². The minimum absolute atomic E-state index is 0.204. The van der Waals surface area contributed by atoms with E-state index in [0.29, 0.717) is 23.8 Å². The number of carbonyl (C=O) groups excluding carboxylic acids is 2. The van der Waals surface area contributed by atoms with Crippen molar-refractivity contribution in [3.63, 3.8) is 0 Å². The molecular weight excluding hydrogens is 325 g/mol. The standard InChI is InChI=1S/C15H17Cl2N3O2/c1-14(8-15(14,16)17)12(21)18-9-2-4-10(5-3-9)19-13(22)20-11-6-7-11/h2-5,11H,6-8H2,1H3,(H,18,21)(H2,19,20,22). The molecule has 5 nitrogen and oxygen atoms in total. The Morgan fingerprint density at radius 2 is 1.59 bits per heavy atom. The van der Waals surface area contributed by atoms with Crippen molar-refractivity contribution >= 4 is 46.5 Å². The van der Waals surface area contributed by atoms with Crippen LogP contribution in [0.5, 0.6) is 0 Å². The first-order valence-corrected chi connectivity index (χ1v) is 7.93. The number of urea groups is 1. The zero-order valence-corrected chi connectivity index (χ0v) is 13.6. The molecule has 0 saturated heterocycles. The van der Waals surface area contributed by atoms with Crippen molar-refractivity contribution in [2.45, 2.75) is 36.6 Å². The number of halogens is 2. The van der Waals surface area contributed by atoms with Gasteiger partial charge >= 0.3 is 6.03 Å². The van der Waals surface area contributed by atoms with Crippen LogP contribution in [0, 0.1) is 5.41 Å². The van der Waals surface area contributed by atoms with Gasteiger partial charge < -0.3 is 16.0 Å². The molecule has 22 heavy (non-hydrogen) atoms. The molecule has 7 heteroatoms. The Morgan fingerprint density at radius 3 is 2.05 bits per heavy atom. The molecule has 1 atom stereocenters. The number of amides is 3. The van der Waals surface area contributed by atoms with Gasteiger partial charge in [0.25, 0.3) is 0 Å². The van der Waals surface area contributed by atoms with Gasteiger partial charge in [0.1, 0.15) is 4.33 Å². The van der Waals surface area contributed by atoms with Gasteiger partial charge in [0.15, 0.2) is 0 Å². The van der Waals surface area contributed by atoms with Crippen molar-refractivity contribution in [2.24, 2.45) is 5.41 Å². The normalized spacial score (nSPS) is 25.2.